The monoisotopic (exact) mass is 306 g/mol. The first-order valence-electron chi connectivity index (χ1n) is 6.51. The van der Waals surface area contributed by atoms with Crippen molar-refractivity contribution in [2.75, 3.05) is 5.73 Å². The predicted molar refractivity (Wildman–Crippen MR) is 82.9 cm³/mol. The summed E-state index contributed by atoms with van der Waals surface area (Å²) in [6, 6.07) is 10.5. The van der Waals surface area contributed by atoms with Crippen molar-refractivity contribution >= 4 is 15.7 Å². The molecule has 0 unspecified atom stereocenters. The van der Waals surface area contributed by atoms with Gasteiger partial charge in [-0.3, -0.25) is 0 Å². The van der Waals surface area contributed by atoms with Crippen LogP contribution in [-0.4, -0.2) is 8.42 Å². The highest BCUT2D eigenvalue weighted by atomic mass is 32.2. The Kier molecular flexibility index (Phi) is 4.20. The molecule has 0 heterocycles. The van der Waals surface area contributed by atoms with E-state index in [0.29, 0.717) is 17.1 Å². The molecule has 4 N–H and O–H groups in total. The Labute approximate surface area is 124 Å². The van der Waals surface area contributed by atoms with Crippen molar-refractivity contribution in [3.8, 4) is 11.5 Å². The van der Waals surface area contributed by atoms with Gasteiger partial charge in [-0.05, 0) is 37.1 Å². The number of benzene rings is 2. The summed E-state index contributed by atoms with van der Waals surface area (Å²) in [5.74, 6) is 0.990. The quantitative estimate of drug-likeness (QED) is 0.849. The molecule has 2 aromatic rings. The van der Waals surface area contributed by atoms with E-state index in [0.717, 1.165) is 6.42 Å². The van der Waals surface area contributed by atoms with Gasteiger partial charge in [-0.25, -0.2) is 13.6 Å². The Balaban J connectivity index is 2.42. The summed E-state index contributed by atoms with van der Waals surface area (Å²) in [5.41, 5.74) is 7.63. The molecule has 112 valence electrons. The minimum Gasteiger partial charge on any atom is -0.457 e. The molecule has 0 fully saturated rings. The molecule has 0 aliphatic rings. The molecule has 0 aromatic heterocycles. The van der Waals surface area contributed by atoms with Gasteiger partial charge in [0, 0.05) is 17.3 Å². The van der Waals surface area contributed by atoms with Crippen molar-refractivity contribution < 1.29 is 13.2 Å². The number of rotatable bonds is 4. The average Bonchev–Trinajstić information content (AvgIpc) is 2.42. The van der Waals surface area contributed by atoms with E-state index in [4.69, 9.17) is 15.6 Å². The van der Waals surface area contributed by atoms with Crippen LogP contribution in [0.2, 0.25) is 0 Å². The minimum absolute atomic E-state index is 0.0253. The van der Waals surface area contributed by atoms with Crippen LogP contribution in [0.3, 0.4) is 0 Å². The third-order valence-electron chi connectivity index (χ3n) is 3.20. The van der Waals surface area contributed by atoms with Gasteiger partial charge in [0.25, 0.3) is 0 Å². The molecule has 0 aliphatic carbocycles. The topological polar surface area (TPSA) is 95.4 Å². The number of hydrogen-bond acceptors (Lipinski definition) is 4. The van der Waals surface area contributed by atoms with Gasteiger partial charge in [0.1, 0.15) is 11.5 Å². The third kappa shape index (κ3) is 3.53. The zero-order chi connectivity index (χ0) is 15.6. The third-order valence-corrected chi connectivity index (χ3v) is 4.24. The Morgan fingerprint density at radius 3 is 2.29 bits per heavy atom. The summed E-state index contributed by atoms with van der Waals surface area (Å²) in [7, 11) is -3.84. The van der Waals surface area contributed by atoms with Gasteiger partial charge in [0.2, 0.25) is 10.0 Å². The molecular formula is C15H18N2O3S. The van der Waals surface area contributed by atoms with Crippen molar-refractivity contribution in [2.24, 2.45) is 5.14 Å². The van der Waals surface area contributed by atoms with Crippen molar-refractivity contribution in [2.45, 2.75) is 25.2 Å². The molecule has 0 bridgehead atoms. The van der Waals surface area contributed by atoms with Crippen LogP contribution in [0.15, 0.2) is 41.3 Å². The van der Waals surface area contributed by atoms with Crippen LogP contribution in [0.5, 0.6) is 11.5 Å². The molecule has 2 rings (SSSR count). The normalized spacial score (nSPS) is 11.4. The van der Waals surface area contributed by atoms with Crippen LogP contribution in [0, 0.1) is 6.92 Å². The smallest absolute Gasteiger partial charge is 0.238 e. The number of ether oxygens (including phenoxy) is 1. The van der Waals surface area contributed by atoms with Gasteiger partial charge >= 0.3 is 0 Å². The Morgan fingerprint density at radius 2 is 1.76 bits per heavy atom. The van der Waals surface area contributed by atoms with Gasteiger partial charge in [0.15, 0.2) is 0 Å². The highest BCUT2D eigenvalue weighted by Crippen LogP contribution is 2.31. The Morgan fingerprint density at radius 1 is 1.14 bits per heavy atom. The number of aryl methyl sites for hydroxylation is 1. The van der Waals surface area contributed by atoms with E-state index in [1.54, 1.807) is 13.0 Å². The molecule has 0 atom stereocenters. The van der Waals surface area contributed by atoms with E-state index in [-0.39, 0.29) is 10.6 Å². The Bertz CT molecular complexity index is 753. The lowest BCUT2D eigenvalue weighted by atomic mass is 10.1. The zero-order valence-electron chi connectivity index (χ0n) is 12.0. The Hall–Kier alpha value is -2.05. The molecule has 0 spiro atoms. The van der Waals surface area contributed by atoms with Gasteiger partial charge in [-0.1, -0.05) is 19.1 Å². The summed E-state index contributed by atoms with van der Waals surface area (Å²) < 4.78 is 28.8. The number of primary sulfonamides is 1. The van der Waals surface area contributed by atoms with Crippen LogP contribution < -0.4 is 15.6 Å². The minimum atomic E-state index is -3.84. The second-order valence-electron chi connectivity index (χ2n) is 4.79. The number of nitrogen functional groups attached to an aromatic ring is 1. The van der Waals surface area contributed by atoms with E-state index in [1.807, 2.05) is 24.3 Å². The molecule has 6 heteroatoms. The first-order chi connectivity index (χ1) is 9.81. The summed E-state index contributed by atoms with van der Waals surface area (Å²) >= 11 is 0. The second-order valence-corrected chi connectivity index (χ2v) is 6.32. The van der Waals surface area contributed by atoms with Crippen LogP contribution in [0.1, 0.15) is 18.1 Å². The number of anilines is 1. The molecule has 0 aliphatic heterocycles. The molecule has 0 saturated heterocycles. The van der Waals surface area contributed by atoms with Gasteiger partial charge in [-0.2, -0.15) is 0 Å². The van der Waals surface area contributed by atoms with E-state index >= 15 is 0 Å². The SMILES string of the molecule is CCc1ccc(Oc2cc(N)cc(S(N)(=O)=O)c2C)cc1. The van der Waals surface area contributed by atoms with Gasteiger partial charge in [0.05, 0.1) is 4.90 Å². The first kappa shape index (κ1) is 15.3. The van der Waals surface area contributed by atoms with E-state index in [1.165, 1.54) is 11.6 Å². The maximum Gasteiger partial charge on any atom is 0.238 e. The van der Waals surface area contributed by atoms with Gasteiger partial charge < -0.3 is 10.5 Å². The molecule has 0 radical (unpaired) electrons. The number of nitrogens with two attached hydrogens (primary N) is 2. The van der Waals surface area contributed by atoms with Gasteiger partial charge in [-0.15, -0.1) is 0 Å². The van der Waals surface area contributed by atoms with Crippen molar-refractivity contribution in [1.82, 2.24) is 0 Å². The summed E-state index contributed by atoms with van der Waals surface area (Å²) in [6.07, 6.45) is 0.938. The van der Waals surface area contributed by atoms with Crippen LogP contribution in [0.4, 0.5) is 5.69 Å². The lowest BCUT2D eigenvalue weighted by Gasteiger charge is -2.13. The summed E-state index contributed by atoms with van der Waals surface area (Å²) in [4.78, 5) is -0.0253. The lowest BCUT2D eigenvalue weighted by Crippen LogP contribution is -2.14. The number of sulfonamides is 1. The molecule has 0 saturated carbocycles. The van der Waals surface area contributed by atoms with Crippen LogP contribution >= 0.6 is 0 Å². The molecule has 5 nitrogen and oxygen atoms in total. The highest BCUT2D eigenvalue weighted by Gasteiger charge is 2.16. The fourth-order valence-electron chi connectivity index (χ4n) is 2.00. The lowest BCUT2D eigenvalue weighted by molar-refractivity contribution is 0.476. The highest BCUT2D eigenvalue weighted by molar-refractivity contribution is 7.89. The number of hydrogen-bond donors (Lipinski definition) is 2. The van der Waals surface area contributed by atoms with Crippen LogP contribution in [-0.2, 0) is 16.4 Å². The fraction of sp³-hybridized carbons (Fsp3) is 0.200. The largest absolute Gasteiger partial charge is 0.457 e. The molecular weight excluding hydrogens is 288 g/mol. The summed E-state index contributed by atoms with van der Waals surface area (Å²) in [5, 5.41) is 5.19. The molecule has 2 aromatic carbocycles. The maximum atomic E-state index is 11.6. The van der Waals surface area contributed by atoms with E-state index in [2.05, 4.69) is 6.92 Å². The zero-order valence-corrected chi connectivity index (χ0v) is 12.8. The van der Waals surface area contributed by atoms with Crippen molar-refractivity contribution in [3.63, 3.8) is 0 Å². The molecule has 0 amide bonds. The average molecular weight is 306 g/mol. The van der Waals surface area contributed by atoms with Crippen LogP contribution in [0.25, 0.3) is 0 Å². The first-order valence-corrected chi connectivity index (χ1v) is 8.05. The standard InChI is InChI=1S/C15H18N2O3S/c1-3-11-4-6-13(7-5-11)20-14-8-12(16)9-15(10(14)2)21(17,18)19/h4-9H,3,16H2,1-2H3,(H2,17,18,19). The fourth-order valence-corrected chi connectivity index (χ4v) is 2.83. The van der Waals surface area contributed by atoms with Crippen molar-refractivity contribution in [3.05, 3.63) is 47.5 Å². The predicted octanol–water partition coefficient (Wildman–Crippen LogP) is 2.58. The maximum absolute atomic E-state index is 11.6. The van der Waals surface area contributed by atoms with Crippen molar-refractivity contribution in [1.29, 1.82) is 0 Å². The summed E-state index contributed by atoms with van der Waals surface area (Å²) in [6.45, 7) is 3.70. The molecule has 21 heavy (non-hydrogen) atoms. The van der Waals surface area contributed by atoms with E-state index in [9.17, 15) is 8.42 Å². The second kappa shape index (κ2) is 5.75. The van der Waals surface area contributed by atoms with E-state index < -0.39 is 10.0 Å².